The van der Waals surface area contributed by atoms with Gasteiger partial charge in [-0.05, 0) is 30.7 Å². The zero-order valence-corrected chi connectivity index (χ0v) is 8.55. The van der Waals surface area contributed by atoms with E-state index in [-0.39, 0.29) is 0 Å². The Kier molecular flexibility index (Phi) is 2.93. The van der Waals surface area contributed by atoms with Crippen molar-refractivity contribution >= 4 is 0 Å². The molecule has 0 saturated carbocycles. The lowest BCUT2D eigenvalue weighted by atomic mass is 10.2. The first-order valence-corrected chi connectivity index (χ1v) is 4.78. The SMILES string of the molecule is Cc1cncc(COc2cccnc2)c1. The summed E-state index contributed by atoms with van der Waals surface area (Å²) >= 11 is 0. The maximum absolute atomic E-state index is 5.54. The van der Waals surface area contributed by atoms with Gasteiger partial charge in [-0.25, -0.2) is 0 Å². The van der Waals surface area contributed by atoms with Gasteiger partial charge >= 0.3 is 0 Å². The molecule has 2 rings (SSSR count). The summed E-state index contributed by atoms with van der Waals surface area (Å²) in [7, 11) is 0. The molecule has 0 unspecified atom stereocenters. The second-order valence-electron chi connectivity index (χ2n) is 3.35. The van der Waals surface area contributed by atoms with Crippen molar-refractivity contribution in [1.29, 1.82) is 0 Å². The fourth-order valence-electron chi connectivity index (χ4n) is 1.30. The molecule has 2 aromatic rings. The summed E-state index contributed by atoms with van der Waals surface area (Å²) in [5.74, 6) is 0.777. The first kappa shape index (κ1) is 9.65. The average Bonchev–Trinajstić information content (AvgIpc) is 2.28. The van der Waals surface area contributed by atoms with Gasteiger partial charge < -0.3 is 4.74 Å². The topological polar surface area (TPSA) is 35.0 Å². The monoisotopic (exact) mass is 200 g/mol. The van der Waals surface area contributed by atoms with Crippen LogP contribution in [0.4, 0.5) is 0 Å². The minimum atomic E-state index is 0.528. The number of ether oxygens (including phenoxy) is 1. The van der Waals surface area contributed by atoms with Crippen LogP contribution in [0.25, 0.3) is 0 Å². The Morgan fingerprint density at radius 1 is 1.20 bits per heavy atom. The lowest BCUT2D eigenvalue weighted by molar-refractivity contribution is 0.304. The number of aromatic nitrogens is 2. The van der Waals surface area contributed by atoms with Crippen LogP contribution in [0.3, 0.4) is 0 Å². The van der Waals surface area contributed by atoms with E-state index in [1.54, 1.807) is 12.4 Å². The van der Waals surface area contributed by atoms with Crippen LogP contribution in [0.2, 0.25) is 0 Å². The van der Waals surface area contributed by atoms with Gasteiger partial charge in [0, 0.05) is 24.2 Å². The van der Waals surface area contributed by atoms with E-state index in [1.165, 1.54) is 0 Å². The molecular weight excluding hydrogens is 188 g/mol. The van der Waals surface area contributed by atoms with Gasteiger partial charge in [0.25, 0.3) is 0 Å². The highest BCUT2D eigenvalue weighted by Gasteiger charge is 1.96. The second-order valence-corrected chi connectivity index (χ2v) is 3.35. The van der Waals surface area contributed by atoms with Gasteiger partial charge in [-0.1, -0.05) is 0 Å². The van der Waals surface area contributed by atoms with Crippen LogP contribution in [0.15, 0.2) is 43.0 Å². The Hall–Kier alpha value is -1.90. The van der Waals surface area contributed by atoms with E-state index in [0.717, 1.165) is 16.9 Å². The molecule has 2 aromatic heterocycles. The Bertz CT molecular complexity index is 429. The molecule has 0 amide bonds. The van der Waals surface area contributed by atoms with Gasteiger partial charge in [0.2, 0.25) is 0 Å². The van der Waals surface area contributed by atoms with Gasteiger partial charge in [-0.2, -0.15) is 0 Å². The minimum absolute atomic E-state index is 0.528. The van der Waals surface area contributed by atoms with E-state index in [2.05, 4.69) is 16.0 Å². The maximum Gasteiger partial charge on any atom is 0.138 e. The van der Waals surface area contributed by atoms with Crippen molar-refractivity contribution in [2.75, 3.05) is 0 Å². The van der Waals surface area contributed by atoms with Gasteiger partial charge in [0.1, 0.15) is 12.4 Å². The Morgan fingerprint density at radius 2 is 2.13 bits per heavy atom. The van der Waals surface area contributed by atoms with Gasteiger partial charge in [-0.3, -0.25) is 9.97 Å². The summed E-state index contributed by atoms with van der Waals surface area (Å²) in [5, 5.41) is 0. The average molecular weight is 200 g/mol. The molecule has 0 saturated heterocycles. The molecule has 0 radical (unpaired) electrons. The highest BCUT2D eigenvalue weighted by Crippen LogP contribution is 2.10. The number of rotatable bonds is 3. The normalized spacial score (nSPS) is 9.93. The number of aryl methyl sites for hydroxylation is 1. The van der Waals surface area contributed by atoms with Crippen LogP contribution in [0.1, 0.15) is 11.1 Å². The summed E-state index contributed by atoms with van der Waals surface area (Å²) in [6, 6.07) is 5.80. The van der Waals surface area contributed by atoms with Crippen LogP contribution in [0.5, 0.6) is 5.75 Å². The van der Waals surface area contributed by atoms with Gasteiger partial charge in [-0.15, -0.1) is 0 Å². The molecule has 15 heavy (non-hydrogen) atoms. The maximum atomic E-state index is 5.54. The zero-order chi connectivity index (χ0) is 10.5. The quantitative estimate of drug-likeness (QED) is 0.762. The molecule has 0 fully saturated rings. The van der Waals surface area contributed by atoms with E-state index < -0.39 is 0 Å². The van der Waals surface area contributed by atoms with Gasteiger partial charge in [0.15, 0.2) is 0 Å². The van der Waals surface area contributed by atoms with Crippen LogP contribution >= 0.6 is 0 Å². The largest absolute Gasteiger partial charge is 0.487 e. The second kappa shape index (κ2) is 4.55. The molecule has 0 aliphatic carbocycles. The smallest absolute Gasteiger partial charge is 0.138 e. The van der Waals surface area contributed by atoms with Crippen LogP contribution in [-0.2, 0) is 6.61 Å². The van der Waals surface area contributed by atoms with Crippen LogP contribution in [0, 0.1) is 6.92 Å². The number of hydrogen-bond acceptors (Lipinski definition) is 3. The van der Waals surface area contributed by atoms with Crippen molar-refractivity contribution < 1.29 is 4.74 Å². The minimum Gasteiger partial charge on any atom is -0.487 e. The fourth-order valence-corrected chi connectivity index (χ4v) is 1.30. The van der Waals surface area contributed by atoms with Crippen molar-refractivity contribution in [3.05, 3.63) is 54.1 Å². The predicted molar refractivity (Wildman–Crippen MR) is 57.5 cm³/mol. The van der Waals surface area contributed by atoms with Crippen molar-refractivity contribution in [2.45, 2.75) is 13.5 Å². The Balaban J connectivity index is 1.99. The molecule has 0 aromatic carbocycles. The standard InChI is InChI=1S/C12H12N2O/c1-10-5-11(7-14-6-10)9-15-12-3-2-4-13-8-12/h2-8H,9H2,1H3. The van der Waals surface area contributed by atoms with Crippen molar-refractivity contribution in [2.24, 2.45) is 0 Å². The predicted octanol–water partition coefficient (Wildman–Crippen LogP) is 2.36. The lowest BCUT2D eigenvalue weighted by Gasteiger charge is -2.05. The molecule has 0 spiro atoms. The fraction of sp³-hybridized carbons (Fsp3) is 0.167. The molecule has 0 N–H and O–H groups in total. The summed E-state index contributed by atoms with van der Waals surface area (Å²) in [6.07, 6.45) is 7.06. The molecule has 3 nitrogen and oxygen atoms in total. The van der Waals surface area contributed by atoms with Crippen molar-refractivity contribution in [1.82, 2.24) is 9.97 Å². The third-order valence-corrected chi connectivity index (χ3v) is 1.97. The molecule has 0 aliphatic heterocycles. The van der Waals surface area contributed by atoms with Gasteiger partial charge in [0.05, 0.1) is 6.20 Å². The molecular formula is C12H12N2O. The Labute approximate surface area is 88.8 Å². The van der Waals surface area contributed by atoms with E-state index in [1.807, 2.05) is 31.5 Å². The third kappa shape index (κ3) is 2.77. The zero-order valence-electron chi connectivity index (χ0n) is 8.55. The van der Waals surface area contributed by atoms with Crippen molar-refractivity contribution in [3.8, 4) is 5.75 Å². The first-order valence-electron chi connectivity index (χ1n) is 4.78. The van der Waals surface area contributed by atoms with Crippen molar-refractivity contribution in [3.63, 3.8) is 0 Å². The Morgan fingerprint density at radius 3 is 2.87 bits per heavy atom. The first-order chi connectivity index (χ1) is 7.34. The third-order valence-electron chi connectivity index (χ3n) is 1.97. The molecule has 0 aliphatic rings. The molecule has 76 valence electrons. The molecule has 3 heteroatoms. The number of hydrogen-bond donors (Lipinski definition) is 0. The van der Waals surface area contributed by atoms with E-state index >= 15 is 0 Å². The summed E-state index contributed by atoms with van der Waals surface area (Å²) in [4.78, 5) is 8.07. The van der Waals surface area contributed by atoms with E-state index in [4.69, 9.17) is 4.74 Å². The van der Waals surface area contributed by atoms with Crippen LogP contribution < -0.4 is 4.74 Å². The summed E-state index contributed by atoms with van der Waals surface area (Å²) in [6.45, 7) is 2.54. The highest BCUT2D eigenvalue weighted by atomic mass is 16.5. The number of nitrogens with zero attached hydrogens (tertiary/aromatic N) is 2. The summed E-state index contributed by atoms with van der Waals surface area (Å²) < 4.78 is 5.54. The molecule has 0 atom stereocenters. The molecule has 0 bridgehead atoms. The van der Waals surface area contributed by atoms with E-state index in [9.17, 15) is 0 Å². The lowest BCUT2D eigenvalue weighted by Crippen LogP contribution is -1.96. The van der Waals surface area contributed by atoms with E-state index in [0.29, 0.717) is 6.61 Å². The van der Waals surface area contributed by atoms with Crippen LogP contribution in [-0.4, -0.2) is 9.97 Å². The number of pyridine rings is 2. The molecule has 2 heterocycles. The highest BCUT2D eigenvalue weighted by molar-refractivity contribution is 5.19. The summed E-state index contributed by atoms with van der Waals surface area (Å²) in [5.41, 5.74) is 2.21.